The number of fused-ring (bicyclic) bond motifs is 3. The Balaban J connectivity index is 1.73. The summed E-state index contributed by atoms with van der Waals surface area (Å²) in [5, 5.41) is 34.5. The van der Waals surface area contributed by atoms with E-state index in [1.807, 2.05) is 0 Å². The lowest BCUT2D eigenvalue weighted by Gasteiger charge is -2.35. The first-order chi connectivity index (χ1) is 14.3. The van der Waals surface area contributed by atoms with Crippen molar-refractivity contribution in [3.05, 3.63) is 68.3 Å². The zero-order chi connectivity index (χ0) is 21.6. The molecular formula is C19H16ClN3O6S. The van der Waals surface area contributed by atoms with Gasteiger partial charge in [0.1, 0.15) is 11.7 Å². The number of benzene rings is 2. The van der Waals surface area contributed by atoms with Crippen molar-refractivity contribution in [3.8, 4) is 0 Å². The van der Waals surface area contributed by atoms with Crippen LogP contribution in [0, 0.1) is 26.1 Å². The molecule has 0 radical (unpaired) electrons. The number of carbonyl (C=O) groups is 1. The van der Waals surface area contributed by atoms with Crippen LogP contribution in [-0.4, -0.2) is 37.6 Å². The molecule has 1 fully saturated rings. The van der Waals surface area contributed by atoms with Crippen LogP contribution in [0.3, 0.4) is 0 Å². The van der Waals surface area contributed by atoms with Crippen LogP contribution >= 0.6 is 23.4 Å². The maximum absolute atomic E-state index is 11.9. The van der Waals surface area contributed by atoms with Gasteiger partial charge in [-0.05, 0) is 24.0 Å². The first-order valence-electron chi connectivity index (χ1n) is 9.10. The van der Waals surface area contributed by atoms with Crippen LogP contribution in [0.5, 0.6) is 0 Å². The van der Waals surface area contributed by atoms with Crippen LogP contribution in [0.15, 0.2) is 47.4 Å². The van der Waals surface area contributed by atoms with Crippen molar-refractivity contribution >= 4 is 46.4 Å². The van der Waals surface area contributed by atoms with Crippen molar-refractivity contribution in [2.24, 2.45) is 5.92 Å². The lowest BCUT2D eigenvalue weighted by molar-refractivity contribution is -0.387. The minimum atomic E-state index is -1.12. The second kappa shape index (κ2) is 7.77. The number of hydrogen-bond donors (Lipinski definition) is 2. The van der Waals surface area contributed by atoms with Crippen molar-refractivity contribution < 1.29 is 19.7 Å². The number of rotatable bonds is 5. The molecule has 2 aromatic carbocycles. The predicted molar refractivity (Wildman–Crippen MR) is 111 cm³/mol. The minimum Gasteiger partial charge on any atom is -0.480 e. The molecule has 2 aromatic rings. The van der Waals surface area contributed by atoms with E-state index in [9.17, 15) is 30.1 Å². The van der Waals surface area contributed by atoms with E-state index in [2.05, 4.69) is 5.32 Å². The van der Waals surface area contributed by atoms with Gasteiger partial charge in [0, 0.05) is 23.3 Å². The molecule has 1 aliphatic carbocycles. The van der Waals surface area contributed by atoms with E-state index < -0.39 is 39.1 Å². The van der Waals surface area contributed by atoms with Crippen LogP contribution in [0.25, 0.3) is 0 Å². The number of anilines is 1. The molecule has 1 heterocycles. The number of nitro benzene ring substituents is 2. The van der Waals surface area contributed by atoms with Gasteiger partial charge < -0.3 is 10.4 Å². The normalized spacial score (nSPS) is 26.9. The van der Waals surface area contributed by atoms with Crippen LogP contribution in [0.2, 0.25) is 0 Å². The molecule has 0 aromatic heterocycles. The van der Waals surface area contributed by atoms with Gasteiger partial charge >= 0.3 is 5.97 Å². The van der Waals surface area contributed by atoms with E-state index in [4.69, 9.17) is 11.6 Å². The summed E-state index contributed by atoms with van der Waals surface area (Å²) in [7, 11) is 0. The number of aliphatic carboxylic acids is 1. The summed E-state index contributed by atoms with van der Waals surface area (Å²) in [4.78, 5) is 34.2. The van der Waals surface area contributed by atoms with E-state index in [1.165, 1.54) is 23.9 Å². The SMILES string of the molecule is O=C(O)[C@@H]1Nc2c(cccc2[N+](=O)[O-])[C@@H]2[C@H](Cl)[C@@H](Sc3ccccc3[N+](=O)[O-])C[C@H]21. The number of thioether (sulfide) groups is 1. The van der Waals surface area contributed by atoms with E-state index >= 15 is 0 Å². The Kier molecular flexibility index (Phi) is 5.29. The molecule has 4 rings (SSSR count). The maximum atomic E-state index is 11.9. The molecule has 5 atom stereocenters. The number of alkyl halides is 1. The van der Waals surface area contributed by atoms with Crippen LogP contribution < -0.4 is 5.32 Å². The number of carboxylic acids is 1. The first kappa shape index (κ1) is 20.4. The van der Waals surface area contributed by atoms with E-state index in [0.717, 1.165) is 0 Å². The Morgan fingerprint density at radius 3 is 2.43 bits per heavy atom. The summed E-state index contributed by atoms with van der Waals surface area (Å²) >= 11 is 8.03. The van der Waals surface area contributed by atoms with Crippen molar-refractivity contribution in [1.29, 1.82) is 0 Å². The lowest BCUT2D eigenvalue weighted by Crippen LogP contribution is -2.42. The summed E-state index contributed by atoms with van der Waals surface area (Å²) < 4.78 is 0. The van der Waals surface area contributed by atoms with Gasteiger partial charge in [0.05, 0.1) is 20.1 Å². The predicted octanol–water partition coefficient (Wildman–Crippen LogP) is 4.25. The van der Waals surface area contributed by atoms with Gasteiger partial charge in [-0.2, -0.15) is 0 Å². The molecular weight excluding hydrogens is 434 g/mol. The molecule has 11 heteroatoms. The fraction of sp³-hybridized carbons (Fsp3) is 0.316. The topological polar surface area (TPSA) is 136 Å². The smallest absolute Gasteiger partial charge is 0.326 e. The molecule has 0 bridgehead atoms. The quantitative estimate of drug-likeness (QED) is 0.392. The highest BCUT2D eigenvalue weighted by Crippen LogP contribution is 2.56. The van der Waals surface area contributed by atoms with Crippen molar-refractivity contribution in [1.82, 2.24) is 0 Å². The number of para-hydroxylation sites is 2. The largest absolute Gasteiger partial charge is 0.480 e. The molecule has 9 nitrogen and oxygen atoms in total. The molecule has 1 aliphatic heterocycles. The van der Waals surface area contributed by atoms with E-state index in [-0.39, 0.29) is 22.3 Å². The van der Waals surface area contributed by atoms with Gasteiger partial charge in [-0.15, -0.1) is 23.4 Å². The van der Waals surface area contributed by atoms with Crippen LogP contribution in [0.1, 0.15) is 17.9 Å². The van der Waals surface area contributed by atoms with Crippen molar-refractivity contribution in [2.75, 3.05) is 5.32 Å². The Morgan fingerprint density at radius 2 is 1.77 bits per heavy atom. The second-order valence-corrected chi connectivity index (χ2v) is 8.99. The number of hydrogen-bond acceptors (Lipinski definition) is 7. The molecule has 0 amide bonds. The summed E-state index contributed by atoms with van der Waals surface area (Å²) in [6.45, 7) is 0. The van der Waals surface area contributed by atoms with Crippen LogP contribution in [-0.2, 0) is 4.79 Å². The number of nitro groups is 2. The lowest BCUT2D eigenvalue weighted by atomic mass is 9.79. The fourth-order valence-corrected chi connectivity index (χ4v) is 6.34. The Morgan fingerprint density at radius 1 is 1.10 bits per heavy atom. The Hall–Kier alpha value is -2.85. The van der Waals surface area contributed by atoms with Gasteiger partial charge in [0.15, 0.2) is 0 Å². The molecule has 2 aliphatic rings. The van der Waals surface area contributed by atoms with Gasteiger partial charge in [-0.3, -0.25) is 20.2 Å². The summed E-state index contributed by atoms with van der Waals surface area (Å²) in [5.41, 5.74) is 0.552. The third-order valence-electron chi connectivity index (χ3n) is 5.63. The van der Waals surface area contributed by atoms with E-state index in [1.54, 1.807) is 30.3 Å². The van der Waals surface area contributed by atoms with Crippen molar-refractivity contribution in [3.63, 3.8) is 0 Å². The monoisotopic (exact) mass is 449 g/mol. The van der Waals surface area contributed by atoms with Gasteiger partial charge in [-0.25, -0.2) is 4.79 Å². The third-order valence-corrected chi connectivity index (χ3v) is 7.74. The minimum absolute atomic E-state index is 0.0369. The van der Waals surface area contributed by atoms with Crippen molar-refractivity contribution in [2.45, 2.75) is 33.9 Å². The molecule has 156 valence electrons. The van der Waals surface area contributed by atoms with Gasteiger partial charge in [-0.1, -0.05) is 24.3 Å². The van der Waals surface area contributed by atoms with Gasteiger partial charge in [0.25, 0.3) is 11.4 Å². The molecule has 2 N–H and O–H groups in total. The van der Waals surface area contributed by atoms with Crippen LogP contribution in [0.4, 0.5) is 17.1 Å². The highest BCUT2D eigenvalue weighted by Gasteiger charge is 2.53. The summed E-state index contributed by atoms with van der Waals surface area (Å²) in [6.07, 6.45) is 0.404. The number of nitrogens with one attached hydrogen (secondary N) is 1. The summed E-state index contributed by atoms with van der Waals surface area (Å²) in [5.74, 6) is -1.95. The fourth-order valence-electron chi connectivity index (χ4n) is 4.39. The number of nitrogens with zero attached hydrogens (tertiary/aromatic N) is 2. The highest BCUT2D eigenvalue weighted by molar-refractivity contribution is 8.00. The zero-order valence-electron chi connectivity index (χ0n) is 15.3. The van der Waals surface area contributed by atoms with E-state index in [0.29, 0.717) is 16.9 Å². The molecule has 30 heavy (non-hydrogen) atoms. The molecule has 1 saturated carbocycles. The summed E-state index contributed by atoms with van der Waals surface area (Å²) in [6, 6.07) is 9.88. The highest BCUT2D eigenvalue weighted by atomic mass is 35.5. The standard InChI is InChI=1S/C19H16ClN3O6S/c20-16-14(30-13-7-2-1-5-11(13)22(26)27)8-10-15(16)9-4-3-6-12(23(28)29)17(9)21-18(10)19(24)25/h1-7,10,14-16,18,21H,8H2,(H,24,25)/t10-,14+,15+,16-,18-/m1/s1. The number of halogens is 1. The number of carboxylic acid groups (broad SMARTS) is 1. The molecule has 0 spiro atoms. The van der Waals surface area contributed by atoms with Gasteiger partial charge in [0.2, 0.25) is 0 Å². The average Bonchev–Trinajstić information content (AvgIpc) is 3.03. The average molecular weight is 450 g/mol. The molecule has 0 saturated heterocycles. The Bertz CT molecular complexity index is 1050. The second-order valence-electron chi connectivity index (χ2n) is 7.21. The third kappa shape index (κ3) is 3.35. The first-order valence-corrected chi connectivity index (χ1v) is 10.4. The molecule has 0 unspecified atom stereocenters. The Labute approximate surface area is 179 Å². The maximum Gasteiger partial charge on any atom is 0.326 e. The zero-order valence-corrected chi connectivity index (χ0v) is 16.9.